The number of anilines is 2. The lowest BCUT2D eigenvalue weighted by Crippen LogP contribution is -2.49. The highest BCUT2D eigenvalue weighted by Crippen LogP contribution is 2.36. The second-order valence-corrected chi connectivity index (χ2v) is 15.8. The molecule has 0 unspecified atom stereocenters. The maximum Gasteiger partial charge on any atom is 0.417 e. The van der Waals surface area contributed by atoms with E-state index in [1.807, 2.05) is 24.4 Å². The number of rotatable bonds is 9. The van der Waals surface area contributed by atoms with Crippen LogP contribution in [0.5, 0.6) is 5.75 Å². The number of alkyl halides is 3. The van der Waals surface area contributed by atoms with Crippen molar-refractivity contribution in [3.63, 3.8) is 0 Å². The zero-order valence-electron chi connectivity index (χ0n) is 32.1. The summed E-state index contributed by atoms with van der Waals surface area (Å²) in [4.78, 5) is 52.8. The molecule has 1 aromatic carbocycles. The maximum absolute atomic E-state index is 13.4. The lowest BCUT2D eigenvalue weighted by atomic mass is 9.92. The predicted molar refractivity (Wildman–Crippen MR) is 209 cm³/mol. The molecule has 0 spiro atoms. The average Bonchev–Trinajstić information content (AvgIpc) is 3.67. The lowest BCUT2D eigenvalue weighted by molar-refractivity contribution is -0.138. The number of pyridine rings is 2. The normalized spacial score (nSPS) is 21.5. The van der Waals surface area contributed by atoms with Crippen molar-refractivity contribution in [2.75, 3.05) is 49.1 Å². The maximum atomic E-state index is 13.4. The number of imide groups is 1. The second kappa shape index (κ2) is 16.7. The van der Waals surface area contributed by atoms with Crippen LogP contribution < -0.4 is 25.2 Å². The number of halogens is 3. The molecule has 58 heavy (non-hydrogen) atoms. The van der Waals surface area contributed by atoms with Crippen LogP contribution >= 0.6 is 0 Å². The molecule has 2 N–H and O–H groups in total. The summed E-state index contributed by atoms with van der Waals surface area (Å²) in [6, 6.07) is 10.6. The van der Waals surface area contributed by atoms with Crippen LogP contribution in [-0.2, 0) is 11.0 Å². The Morgan fingerprint density at radius 2 is 1.71 bits per heavy atom. The molecule has 13 nitrogen and oxygen atoms in total. The largest absolute Gasteiger partial charge is 0.490 e. The van der Waals surface area contributed by atoms with E-state index in [4.69, 9.17) is 10.00 Å². The van der Waals surface area contributed by atoms with E-state index in [1.54, 1.807) is 23.4 Å². The molecule has 0 atom stereocenters. The summed E-state index contributed by atoms with van der Waals surface area (Å²) in [5.41, 5.74) is 0.758. The van der Waals surface area contributed by atoms with E-state index in [-0.39, 0.29) is 36.1 Å². The Morgan fingerprint density at radius 3 is 2.40 bits per heavy atom. The van der Waals surface area contributed by atoms with Gasteiger partial charge in [-0.25, -0.2) is 9.78 Å². The van der Waals surface area contributed by atoms with Crippen LogP contribution in [0, 0.1) is 17.2 Å². The number of benzene rings is 1. The molecule has 1 aliphatic carbocycles. The number of hydrogen-bond acceptors (Lipinski definition) is 9. The van der Waals surface area contributed by atoms with Crippen LogP contribution in [0.3, 0.4) is 0 Å². The first-order chi connectivity index (χ1) is 28.0. The highest BCUT2D eigenvalue weighted by atomic mass is 19.4. The van der Waals surface area contributed by atoms with Gasteiger partial charge < -0.3 is 24.4 Å². The van der Waals surface area contributed by atoms with Gasteiger partial charge in [0.2, 0.25) is 5.91 Å². The fourth-order valence-electron chi connectivity index (χ4n) is 8.90. The number of aromatic nitrogens is 3. The fourth-order valence-corrected chi connectivity index (χ4v) is 8.90. The summed E-state index contributed by atoms with van der Waals surface area (Å²) in [5.74, 6) is 1.08. The SMILES string of the molecule is N#Cc1ccc(O[C@H]2CC[C@H](NC(=O)c3ccc(N4CCC(CN5CCC(n6ccc7c(N8CCC(=O)NC8=O)cncc76)CC5)CC4)nc3)CC2)cc1C(F)(F)F. The van der Waals surface area contributed by atoms with Crippen LogP contribution in [-0.4, -0.2) is 88.7 Å². The summed E-state index contributed by atoms with van der Waals surface area (Å²) in [7, 11) is 0. The lowest BCUT2D eigenvalue weighted by Gasteiger charge is -2.38. The number of hydrogen-bond donors (Lipinski definition) is 2. The first-order valence-electron chi connectivity index (χ1n) is 20.1. The molecule has 0 radical (unpaired) electrons. The van der Waals surface area contributed by atoms with E-state index in [0.717, 1.165) is 92.9 Å². The highest BCUT2D eigenvalue weighted by molar-refractivity contribution is 6.09. The van der Waals surface area contributed by atoms with Crippen molar-refractivity contribution in [3.05, 3.63) is 77.9 Å². The van der Waals surface area contributed by atoms with E-state index in [9.17, 15) is 27.6 Å². The number of nitriles is 1. The molecule has 3 aliphatic heterocycles. The molecule has 4 aliphatic rings. The molecule has 4 amide bonds. The number of nitrogens with zero attached hydrogens (tertiary/aromatic N) is 7. The highest BCUT2D eigenvalue weighted by Gasteiger charge is 2.35. The van der Waals surface area contributed by atoms with E-state index in [0.29, 0.717) is 49.8 Å². The van der Waals surface area contributed by atoms with Crippen LogP contribution in [0.1, 0.15) is 85.3 Å². The molecule has 3 saturated heterocycles. The average molecular weight is 798 g/mol. The monoisotopic (exact) mass is 797 g/mol. The van der Waals surface area contributed by atoms with Gasteiger partial charge >= 0.3 is 12.2 Å². The molecule has 0 bridgehead atoms. The first-order valence-corrected chi connectivity index (χ1v) is 20.1. The number of carbonyl (C=O) groups excluding carboxylic acids is 3. The topological polar surface area (TPSA) is 149 Å². The molecule has 4 aromatic rings. The summed E-state index contributed by atoms with van der Waals surface area (Å²) >= 11 is 0. The van der Waals surface area contributed by atoms with Crippen molar-refractivity contribution in [1.29, 1.82) is 5.26 Å². The Labute approximate surface area is 334 Å². The van der Waals surface area contributed by atoms with E-state index in [1.165, 1.54) is 6.07 Å². The smallest absolute Gasteiger partial charge is 0.417 e. The van der Waals surface area contributed by atoms with E-state index in [2.05, 4.69) is 41.2 Å². The standard InChI is InChI=1S/C42H46F3N9O4/c43-42(44,45)35-21-33(5-1-28(35)22-46)58-32-6-3-30(4-7-32)49-40(56)29-2-8-38(48-23-29)52-17-9-27(10-18-52)26-51-15-11-31(12-16-51)53-19-13-34-36(53)24-47-25-37(34)54-20-14-39(55)50-41(54)57/h1-2,5,8,13,19,21,23-25,27,30-32H,3-4,6-7,9-12,14-18,20,26H2,(H,49,56)(H,50,55,57)/t30-,32-. The number of amides is 4. The predicted octanol–water partition coefficient (Wildman–Crippen LogP) is 6.44. The van der Waals surface area contributed by atoms with Crippen LogP contribution in [0.15, 0.2) is 61.2 Å². The first kappa shape index (κ1) is 39.2. The zero-order valence-corrected chi connectivity index (χ0v) is 32.1. The second-order valence-electron chi connectivity index (χ2n) is 15.8. The van der Waals surface area contributed by atoms with Crippen molar-refractivity contribution in [1.82, 2.24) is 30.1 Å². The van der Waals surface area contributed by atoms with Crippen molar-refractivity contribution in [2.24, 2.45) is 5.92 Å². The summed E-state index contributed by atoms with van der Waals surface area (Å²) in [5, 5.41) is 15.5. The minimum Gasteiger partial charge on any atom is -0.490 e. The van der Waals surface area contributed by atoms with Crippen LogP contribution in [0.25, 0.3) is 10.9 Å². The zero-order chi connectivity index (χ0) is 40.4. The van der Waals surface area contributed by atoms with Crippen molar-refractivity contribution in [2.45, 2.75) is 82.2 Å². The Morgan fingerprint density at radius 1 is 0.931 bits per heavy atom. The third-order valence-electron chi connectivity index (χ3n) is 12.1. The van der Waals surface area contributed by atoms with Gasteiger partial charge in [-0.15, -0.1) is 0 Å². The quantitative estimate of drug-likeness (QED) is 0.195. The molecule has 6 heterocycles. The number of piperidine rings is 2. The van der Waals surface area contributed by atoms with Crippen molar-refractivity contribution in [3.8, 4) is 11.8 Å². The molecule has 4 fully saturated rings. The molecule has 3 aromatic heterocycles. The molecular formula is C42H46F3N9O4. The Bertz CT molecular complexity index is 2180. The van der Waals surface area contributed by atoms with Crippen molar-refractivity contribution < 1.29 is 32.3 Å². The summed E-state index contributed by atoms with van der Waals surface area (Å²) in [6.45, 7) is 5.24. The van der Waals surface area contributed by atoms with Gasteiger partial charge in [0.15, 0.2) is 0 Å². The number of ether oxygens (including phenoxy) is 1. The van der Waals surface area contributed by atoms with Gasteiger partial charge in [0.25, 0.3) is 5.91 Å². The number of fused-ring (bicyclic) bond motifs is 1. The fraction of sp³-hybridized carbons (Fsp3) is 0.476. The summed E-state index contributed by atoms with van der Waals surface area (Å²) < 4.78 is 48.2. The molecule has 8 rings (SSSR count). The Kier molecular flexibility index (Phi) is 11.2. The van der Waals surface area contributed by atoms with Gasteiger partial charge in [-0.3, -0.25) is 24.8 Å². The van der Waals surface area contributed by atoms with Gasteiger partial charge in [-0.2, -0.15) is 18.4 Å². The third kappa shape index (κ3) is 8.59. The molecule has 16 heteroatoms. The molecule has 304 valence electrons. The van der Waals surface area contributed by atoms with E-state index < -0.39 is 23.3 Å². The molecule has 1 saturated carbocycles. The van der Waals surface area contributed by atoms with Crippen molar-refractivity contribution >= 4 is 40.3 Å². The van der Waals surface area contributed by atoms with Crippen LogP contribution in [0.2, 0.25) is 0 Å². The number of carbonyl (C=O) groups is 3. The minimum atomic E-state index is -4.65. The minimum absolute atomic E-state index is 0.0759. The Balaban J connectivity index is 0.759. The Hall–Kier alpha value is -5.69. The third-order valence-corrected chi connectivity index (χ3v) is 12.1. The van der Waals surface area contributed by atoms with Gasteiger partial charge in [0, 0.05) is 75.6 Å². The number of urea groups is 1. The number of likely N-dealkylation sites (tertiary alicyclic amines) is 1. The van der Waals surface area contributed by atoms with E-state index >= 15 is 0 Å². The number of nitrogens with one attached hydrogen (secondary N) is 2. The summed E-state index contributed by atoms with van der Waals surface area (Å²) in [6.07, 6.45) is 9.23. The van der Waals surface area contributed by atoms with Gasteiger partial charge in [-0.1, -0.05) is 0 Å². The van der Waals surface area contributed by atoms with Gasteiger partial charge in [-0.05, 0) is 93.7 Å². The van der Waals surface area contributed by atoms with Crippen LogP contribution in [0.4, 0.5) is 29.5 Å². The van der Waals surface area contributed by atoms with Gasteiger partial charge in [0.05, 0.1) is 52.5 Å². The molecular weight excluding hydrogens is 752 g/mol. The van der Waals surface area contributed by atoms with Gasteiger partial charge in [0.1, 0.15) is 11.6 Å².